The van der Waals surface area contributed by atoms with Crippen LogP contribution in [0.15, 0.2) is 69.9 Å². The summed E-state index contributed by atoms with van der Waals surface area (Å²) in [5.74, 6) is -0.274. The molecule has 0 saturated carbocycles. The zero-order valence-electron chi connectivity index (χ0n) is 14.3. The van der Waals surface area contributed by atoms with Crippen LogP contribution in [0.5, 0.6) is 5.75 Å². The first-order valence-electron chi connectivity index (χ1n) is 8.29. The van der Waals surface area contributed by atoms with Crippen LogP contribution < -0.4 is 15.7 Å². The summed E-state index contributed by atoms with van der Waals surface area (Å²) < 4.78 is 15.3. The molecule has 3 rings (SSSR count). The molecule has 1 heterocycles. The van der Waals surface area contributed by atoms with E-state index < -0.39 is 17.7 Å². The second-order valence-electron chi connectivity index (χ2n) is 5.67. The number of hydrogen-bond acceptors (Lipinski definition) is 6. The van der Waals surface area contributed by atoms with E-state index in [9.17, 15) is 14.4 Å². The predicted molar refractivity (Wildman–Crippen MR) is 97.4 cm³/mol. The van der Waals surface area contributed by atoms with Gasteiger partial charge in [-0.15, -0.1) is 0 Å². The first-order valence-corrected chi connectivity index (χ1v) is 8.29. The van der Waals surface area contributed by atoms with E-state index >= 15 is 0 Å². The Morgan fingerprint density at radius 2 is 1.78 bits per heavy atom. The Hall–Kier alpha value is -3.61. The summed E-state index contributed by atoms with van der Waals surface area (Å²) >= 11 is 0. The lowest BCUT2D eigenvalue weighted by atomic mass is 10.2. The van der Waals surface area contributed by atoms with Gasteiger partial charge in [0.2, 0.25) is 0 Å². The van der Waals surface area contributed by atoms with Crippen LogP contribution in [-0.4, -0.2) is 18.6 Å². The fraction of sp³-hybridized carbons (Fsp3) is 0.150. The lowest BCUT2D eigenvalue weighted by Crippen LogP contribution is -2.27. The summed E-state index contributed by atoms with van der Waals surface area (Å²) in [6, 6.07) is 17.0. The van der Waals surface area contributed by atoms with Gasteiger partial charge >= 0.3 is 17.7 Å². The normalized spacial score (nSPS) is 10.4. The number of esters is 1. The van der Waals surface area contributed by atoms with Gasteiger partial charge < -0.3 is 19.2 Å². The summed E-state index contributed by atoms with van der Waals surface area (Å²) in [6.45, 7) is 0.231. The quantitative estimate of drug-likeness (QED) is 0.409. The van der Waals surface area contributed by atoms with Crippen LogP contribution in [0.3, 0.4) is 0 Å². The fourth-order valence-corrected chi connectivity index (χ4v) is 2.33. The number of nitrogens with one attached hydrogen (secondary N) is 1. The van der Waals surface area contributed by atoms with Crippen molar-refractivity contribution < 1.29 is 23.5 Å². The third kappa shape index (κ3) is 5.43. The van der Waals surface area contributed by atoms with Crippen molar-refractivity contribution in [2.24, 2.45) is 0 Å². The van der Waals surface area contributed by atoms with Gasteiger partial charge in [0.05, 0.1) is 6.42 Å². The van der Waals surface area contributed by atoms with Gasteiger partial charge in [-0.05, 0) is 23.8 Å². The minimum atomic E-state index is -0.612. The highest BCUT2D eigenvalue weighted by atomic mass is 16.5. The molecule has 0 aliphatic rings. The highest BCUT2D eigenvalue weighted by Gasteiger charge is 2.09. The maximum atomic E-state index is 11.9. The molecule has 0 unspecified atom stereocenters. The lowest BCUT2D eigenvalue weighted by molar-refractivity contribution is -0.134. The molecule has 0 saturated heterocycles. The first-order chi connectivity index (χ1) is 13.1. The molecule has 1 amide bonds. The first kappa shape index (κ1) is 18.2. The molecule has 7 nitrogen and oxygen atoms in total. The number of ether oxygens (including phenoxy) is 2. The molecule has 3 aromatic rings. The molecule has 0 atom stereocenters. The molecule has 27 heavy (non-hydrogen) atoms. The van der Waals surface area contributed by atoms with E-state index in [0.29, 0.717) is 5.58 Å². The van der Waals surface area contributed by atoms with Gasteiger partial charge in [-0.1, -0.05) is 30.3 Å². The van der Waals surface area contributed by atoms with Gasteiger partial charge in [-0.2, -0.15) is 0 Å². The highest BCUT2D eigenvalue weighted by molar-refractivity contribution is 5.80. The number of fused-ring (bicyclic) bond motifs is 1. The molecule has 2 aromatic carbocycles. The number of carbonyl (C=O) groups excluding carboxylic acids is 2. The molecule has 1 N–H and O–H groups in total. The molecule has 0 spiro atoms. The molecule has 0 bridgehead atoms. The van der Waals surface area contributed by atoms with Crippen molar-refractivity contribution >= 4 is 23.0 Å². The molecule has 7 heteroatoms. The minimum Gasteiger partial charge on any atom is -0.445 e. The number of hydrogen-bond donors (Lipinski definition) is 1. The van der Waals surface area contributed by atoms with Crippen LogP contribution >= 0.6 is 0 Å². The van der Waals surface area contributed by atoms with Crippen molar-refractivity contribution in [1.82, 2.24) is 5.32 Å². The molecule has 0 radical (unpaired) electrons. The van der Waals surface area contributed by atoms with Crippen molar-refractivity contribution in [1.29, 1.82) is 0 Å². The van der Waals surface area contributed by atoms with Gasteiger partial charge in [-0.3, -0.25) is 4.79 Å². The third-order valence-corrected chi connectivity index (χ3v) is 3.64. The summed E-state index contributed by atoms with van der Waals surface area (Å²) in [5.41, 5.74) is 0.717. The van der Waals surface area contributed by atoms with Crippen molar-refractivity contribution in [3.63, 3.8) is 0 Å². The van der Waals surface area contributed by atoms with Gasteiger partial charge in [0, 0.05) is 24.1 Å². The van der Waals surface area contributed by atoms with E-state index in [-0.39, 0.29) is 25.3 Å². The zero-order chi connectivity index (χ0) is 19.1. The highest BCUT2D eigenvalue weighted by Crippen LogP contribution is 2.19. The maximum Gasteiger partial charge on any atom is 0.407 e. The fourth-order valence-electron chi connectivity index (χ4n) is 2.33. The van der Waals surface area contributed by atoms with Crippen molar-refractivity contribution in [3.8, 4) is 5.75 Å². The van der Waals surface area contributed by atoms with Gasteiger partial charge in [0.25, 0.3) is 0 Å². The molecular weight excluding hydrogens is 350 g/mol. The number of amides is 1. The molecule has 0 aliphatic carbocycles. The Morgan fingerprint density at radius 3 is 2.59 bits per heavy atom. The van der Waals surface area contributed by atoms with Gasteiger partial charge in [0.15, 0.2) is 0 Å². The molecule has 0 fully saturated rings. The van der Waals surface area contributed by atoms with Crippen LogP contribution in [0.1, 0.15) is 12.0 Å². The summed E-state index contributed by atoms with van der Waals surface area (Å²) in [7, 11) is 0. The van der Waals surface area contributed by atoms with Gasteiger partial charge in [0.1, 0.15) is 17.9 Å². The van der Waals surface area contributed by atoms with Crippen LogP contribution in [0.25, 0.3) is 11.0 Å². The van der Waals surface area contributed by atoms with E-state index in [4.69, 9.17) is 13.9 Å². The Labute approximate surface area is 154 Å². The second kappa shape index (κ2) is 8.66. The third-order valence-electron chi connectivity index (χ3n) is 3.64. The Kier molecular flexibility index (Phi) is 5.84. The van der Waals surface area contributed by atoms with E-state index in [1.165, 1.54) is 12.1 Å². The van der Waals surface area contributed by atoms with Crippen LogP contribution in [0.4, 0.5) is 4.79 Å². The minimum absolute atomic E-state index is 0.0305. The summed E-state index contributed by atoms with van der Waals surface area (Å²) in [5, 5.41) is 3.20. The number of alkyl carbamates (subject to hydrolysis) is 1. The van der Waals surface area contributed by atoms with E-state index in [0.717, 1.165) is 10.9 Å². The standard InChI is InChI=1S/C20H17NO6/c22-18-9-7-15-6-8-16(12-17(15)27-18)26-19(23)10-11-21-20(24)25-13-14-4-2-1-3-5-14/h1-9,12H,10-11,13H2,(H,21,24). The maximum absolute atomic E-state index is 11.9. The van der Waals surface area contributed by atoms with Gasteiger partial charge in [-0.25, -0.2) is 9.59 Å². The van der Waals surface area contributed by atoms with Crippen molar-refractivity contribution in [2.75, 3.05) is 6.54 Å². The SMILES string of the molecule is O=C(CCNC(=O)OCc1ccccc1)Oc1ccc2ccc(=O)oc2c1. The molecule has 138 valence electrons. The van der Waals surface area contributed by atoms with Crippen molar-refractivity contribution in [3.05, 3.63) is 76.6 Å². The Morgan fingerprint density at radius 1 is 1.00 bits per heavy atom. The van der Waals surface area contributed by atoms with Crippen LogP contribution in [-0.2, 0) is 16.1 Å². The van der Waals surface area contributed by atoms with Crippen LogP contribution in [0, 0.1) is 0 Å². The second-order valence-corrected chi connectivity index (χ2v) is 5.67. The van der Waals surface area contributed by atoms with Crippen molar-refractivity contribution in [2.45, 2.75) is 13.0 Å². The topological polar surface area (TPSA) is 94.8 Å². The Balaban J connectivity index is 1.43. The smallest absolute Gasteiger partial charge is 0.407 e. The molecular formula is C20H17NO6. The monoisotopic (exact) mass is 367 g/mol. The van der Waals surface area contributed by atoms with E-state index in [1.54, 1.807) is 18.2 Å². The largest absolute Gasteiger partial charge is 0.445 e. The number of carbonyl (C=O) groups is 2. The van der Waals surface area contributed by atoms with E-state index in [1.807, 2.05) is 30.3 Å². The Bertz CT molecular complexity index is 996. The summed E-state index contributed by atoms with van der Waals surface area (Å²) in [6.07, 6.45) is -0.642. The molecule has 0 aliphatic heterocycles. The number of rotatable bonds is 6. The average Bonchev–Trinajstić information content (AvgIpc) is 2.67. The molecule has 1 aromatic heterocycles. The lowest BCUT2D eigenvalue weighted by Gasteiger charge is -2.07. The zero-order valence-corrected chi connectivity index (χ0v) is 14.3. The summed E-state index contributed by atoms with van der Waals surface area (Å²) in [4.78, 5) is 34.7. The number of benzene rings is 2. The predicted octanol–water partition coefficient (Wildman–Crippen LogP) is 3.01. The van der Waals surface area contributed by atoms with E-state index in [2.05, 4.69) is 5.32 Å². The average molecular weight is 367 g/mol. The van der Waals surface area contributed by atoms with Crippen LogP contribution in [0.2, 0.25) is 0 Å².